The number of ether oxygens (including phenoxy) is 2. The van der Waals surface area contributed by atoms with Crippen LogP contribution in [0.2, 0.25) is 0 Å². The first-order chi connectivity index (χ1) is 13.1. The topological polar surface area (TPSA) is 64.6 Å². The summed E-state index contributed by atoms with van der Waals surface area (Å²) in [6.07, 6.45) is 3.45. The molecule has 0 bridgehead atoms. The minimum atomic E-state index is -0.813. The number of amides is 1. The molecule has 1 fully saturated rings. The van der Waals surface area contributed by atoms with Crippen LogP contribution in [0.25, 0.3) is 0 Å². The van der Waals surface area contributed by atoms with Gasteiger partial charge in [0, 0.05) is 6.04 Å². The van der Waals surface area contributed by atoms with Gasteiger partial charge < -0.3 is 14.8 Å². The van der Waals surface area contributed by atoms with Crippen molar-refractivity contribution in [2.24, 2.45) is 0 Å². The van der Waals surface area contributed by atoms with Gasteiger partial charge in [0.2, 0.25) is 0 Å². The molecule has 0 aromatic heterocycles. The van der Waals surface area contributed by atoms with Crippen molar-refractivity contribution in [1.29, 1.82) is 0 Å². The van der Waals surface area contributed by atoms with Crippen molar-refractivity contribution in [2.45, 2.75) is 51.4 Å². The molecule has 1 aliphatic carbocycles. The van der Waals surface area contributed by atoms with E-state index in [0.29, 0.717) is 17.9 Å². The van der Waals surface area contributed by atoms with Gasteiger partial charge in [0.05, 0.1) is 5.56 Å². The third-order valence-corrected chi connectivity index (χ3v) is 4.69. The number of hydrogen-bond donors (Lipinski definition) is 1. The molecule has 2 aromatic carbocycles. The van der Waals surface area contributed by atoms with Gasteiger partial charge in [-0.15, -0.1) is 0 Å². The lowest BCUT2D eigenvalue weighted by Gasteiger charge is -2.17. The zero-order valence-electron chi connectivity index (χ0n) is 15.5. The maximum atomic E-state index is 12.2. The Hall–Kier alpha value is -2.82. The smallest absolute Gasteiger partial charge is 0.338 e. The van der Waals surface area contributed by atoms with Crippen LogP contribution in [0, 0.1) is 0 Å². The number of rotatable bonds is 7. The van der Waals surface area contributed by atoms with Gasteiger partial charge in [-0.3, -0.25) is 4.79 Å². The number of hydrogen-bond acceptors (Lipinski definition) is 4. The summed E-state index contributed by atoms with van der Waals surface area (Å²) in [5.74, 6) is -0.0841. The molecular weight excluding hydrogens is 342 g/mol. The van der Waals surface area contributed by atoms with Gasteiger partial charge in [-0.05, 0) is 49.6 Å². The van der Waals surface area contributed by atoms with E-state index in [1.54, 1.807) is 31.2 Å². The van der Waals surface area contributed by atoms with E-state index in [0.717, 1.165) is 31.2 Å². The van der Waals surface area contributed by atoms with Crippen molar-refractivity contribution >= 4 is 11.9 Å². The van der Waals surface area contributed by atoms with Crippen molar-refractivity contribution in [1.82, 2.24) is 5.32 Å². The van der Waals surface area contributed by atoms with E-state index in [1.807, 2.05) is 30.3 Å². The van der Waals surface area contributed by atoms with Gasteiger partial charge >= 0.3 is 5.97 Å². The van der Waals surface area contributed by atoms with Crippen molar-refractivity contribution in [3.05, 3.63) is 65.7 Å². The standard InChI is InChI=1S/C22H25NO4/c1-16(21(24)23-19-9-5-6-10-19)27-22(25)18-11-13-20(14-12-18)26-15-17-7-3-2-4-8-17/h2-4,7-8,11-14,16,19H,5-6,9-10,15H2,1H3,(H,23,24)/t16-/m0/s1. The maximum absolute atomic E-state index is 12.2. The van der Waals surface area contributed by atoms with Gasteiger partial charge in [0.1, 0.15) is 12.4 Å². The van der Waals surface area contributed by atoms with Gasteiger partial charge in [-0.1, -0.05) is 43.2 Å². The molecule has 5 nitrogen and oxygen atoms in total. The number of esters is 1. The van der Waals surface area contributed by atoms with Crippen LogP contribution in [0.3, 0.4) is 0 Å². The lowest BCUT2D eigenvalue weighted by Crippen LogP contribution is -2.40. The lowest BCUT2D eigenvalue weighted by molar-refractivity contribution is -0.129. The van der Waals surface area contributed by atoms with Crippen LogP contribution in [-0.2, 0) is 16.1 Å². The fourth-order valence-electron chi connectivity index (χ4n) is 3.10. The predicted molar refractivity (Wildman–Crippen MR) is 102 cm³/mol. The molecule has 1 saturated carbocycles. The minimum absolute atomic E-state index is 0.208. The predicted octanol–water partition coefficient (Wildman–Crippen LogP) is 3.87. The average Bonchev–Trinajstić information content (AvgIpc) is 3.20. The molecule has 0 radical (unpaired) electrons. The minimum Gasteiger partial charge on any atom is -0.489 e. The highest BCUT2D eigenvalue weighted by Gasteiger charge is 2.23. The Bertz CT molecular complexity index is 752. The number of benzene rings is 2. The van der Waals surface area contributed by atoms with Crippen LogP contribution < -0.4 is 10.1 Å². The second kappa shape index (κ2) is 9.21. The van der Waals surface area contributed by atoms with Crippen LogP contribution in [0.5, 0.6) is 5.75 Å². The largest absolute Gasteiger partial charge is 0.489 e. The van der Waals surface area contributed by atoms with Crippen molar-refractivity contribution in [3.63, 3.8) is 0 Å². The van der Waals surface area contributed by atoms with Gasteiger partial charge in [-0.25, -0.2) is 4.79 Å². The normalized spacial score (nSPS) is 15.1. The first kappa shape index (κ1) is 19.0. The SMILES string of the molecule is C[C@H](OC(=O)c1ccc(OCc2ccccc2)cc1)C(=O)NC1CCCC1. The Labute approximate surface area is 159 Å². The van der Waals surface area contributed by atoms with Crippen molar-refractivity contribution in [3.8, 4) is 5.75 Å². The summed E-state index contributed by atoms with van der Waals surface area (Å²) in [6, 6.07) is 16.8. The Kier molecular flexibility index (Phi) is 6.47. The molecule has 0 aliphatic heterocycles. The highest BCUT2D eigenvalue weighted by Crippen LogP contribution is 2.18. The summed E-state index contributed by atoms with van der Waals surface area (Å²) in [5.41, 5.74) is 1.46. The monoisotopic (exact) mass is 367 g/mol. The Morgan fingerprint density at radius 2 is 1.70 bits per heavy atom. The number of carbonyl (C=O) groups is 2. The van der Waals surface area contributed by atoms with Crippen LogP contribution in [0.4, 0.5) is 0 Å². The highest BCUT2D eigenvalue weighted by molar-refractivity contribution is 5.92. The second-order valence-corrected chi connectivity index (χ2v) is 6.84. The van der Waals surface area contributed by atoms with Crippen molar-refractivity contribution in [2.75, 3.05) is 0 Å². The van der Waals surface area contributed by atoms with Crippen LogP contribution in [0.1, 0.15) is 48.5 Å². The third-order valence-electron chi connectivity index (χ3n) is 4.69. The quantitative estimate of drug-likeness (QED) is 0.755. The van der Waals surface area contributed by atoms with Gasteiger partial charge in [-0.2, -0.15) is 0 Å². The lowest BCUT2D eigenvalue weighted by atomic mass is 10.2. The molecule has 1 aliphatic rings. The number of nitrogens with one attached hydrogen (secondary N) is 1. The van der Waals surface area contributed by atoms with E-state index in [9.17, 15) is 9.59 Å². The molecule has 0 saturated heterocycles. The summed E-state index contributed by atoms with van der Waals surface area (Å²) in [4.78, 5) is 24.4. The molecule has 1 amide bonds. The molecular formula is C22H25NO4. The molecule has 0 heterocycles. The molecule has 142 valence electrons. The molecule has 1 atom stereocenters. The van der Waals surface area contributed by atoms with E-state index in [2.05, 4.69) is 5.32 Å². The fraction of sp³-hybridized carbons (Fsp3) is 0.364. The second-order valence-electron chi connectivity index (χ2n) is 6.84. The third kappa shape index (κ3) is 5.58. The number of carbonyl (C=O) groups excluding carboxylic acids is 2. The molecule has 1 N–H and O–H groups in total. The zero-order chi connectivity index (χ0) is 19.1. The molecule has 3 rings (SSSR count). The van der Waals surface area contributed by atoms with Gasteiger partial charge in [0.25, 0.3) is 5.91 Å². The Balaban J connectivity index is 1.48. The summed E-state index contributed by atoms with van der Waals surface area (Å²) in [5, 5.41) is 2.94. The van der Waals surface area contributed by atoms with E-state index >= 15 is 0 Å². The summed E-state index contributed by atoms with van der Waals surface area (Å²) < 4.78 is 11.0. The summed E-state index contributed by atoms with van der Waals surface area (Å²) in [6.45, 7) is 2.06. The molecule has 0 spiro atoms. The summed E-state index contributed by atoms with van der Waals surface area (Å²) >= 11 is 0. The van der Waals surface area contributed by atoms with Crippen molar-refractivity contribution < 1.29 is 19.1 Å². The van der Waals surface area contributed by atoms with E-state index in [1.165, 1.54) is 0 Å². The van der Waals surface area contributed by atoms with E-state index in [-0.39, 0.29) is 11.9 Å². The average molecular weight is 367 g/mol. The maximum Gasteiger partial charge on any atom is 0.338 e. The molecule has 27 heavy (non-hydrogen) atoms. The first-order valence-electron chi connectivity index (χ1n) is 9.40. The van der Waals surface area contributed by atoms with E-state index < -0.39 is 12.1 Å². The van der Waals surface area contributed by atoms with Crippen LogP contribution >= 0.6 is 0 Å². The van der Waals surface area contributed by atoms with E-state index in [4.69, 9.17) is 9.47 Å². The highest BCUT2D eigenvalue weighted by atomic mass is 16.5. The molecule has 2 aromatic rings. The van der Waals surface area contributed by atoms with Crippen LogP contribution in [-0.4, -0.2) is 24.0 Å². The Morgan fingerprint density at radius 1 is 1.04 bits per heavy atom. The molecule has 5 heteroatoms. The summed E-state index contributed by atoms with van der Waals surface area (Å²) in [7, 11) is 0. The zero-order valence-corrected chi connectivity index (χ0v) is 15.5. The van der Waals surface area contributed by atoms with Crippen LogP contribution in [0.15, 0.2) is 54.6 Å². The first-order valence-corrected chi connectivity index (χ1v) is 9.40. The fourth-order valence-corrected chi connectivity index (χ4v) is 3.10. The molecule has 0 unspecified atom stereocenters. The Morgan fingerprint density at radius 3 is 2.37 bits per heavy atom. The van der Waals surface area contributed by atoms with Gasteiger partial charge in [0.15, 0.2) is 6.10 Å².